The fraction of sp³-hybridized carbons (Fsp3) is 0.300. The molecule has 2 aromatic carbocycles. The van der Waals surface area contributed by atoms with E-state index in [1.165, 1.54) is 11.3 Å². The van der Waals surface area contributed by atoms with Gasteiger partial charge in [0, 0.05) is 16.8 Å². The Morgan fingerprint density at radius 2 is 2.04 bits per heavy atom. The molecule has 1 aromatic heterocycles. The van der Waals surface area contributed by atoms with Gasteiger partial charge in [0.25, 0.3) is 5.91 Å². The number of nitrogens with zero attached hydrogens (tertiary/aromatic N) is 1. The molecule has 1 unspecified atom stereocenters. The monoisotopic (exact) mass is 404 g/mol. The second-order valence-corrected chi connectivity index (χ2v) is 7.91. The molecule has 1 heterocycles. The van der Waals surface area contributed by atoms with Gasteiger partial charge in [0.2, 0.25) is 0 Å². The van der Waals surface area contributed by atoms with E-state index in [-0.39, 0.29) is 16.8 Å². The van der Waals surface area contributed by atoms with Crippen molar-refractivity contribution < 1.29 is 9.53 Å². The molecule has 3 aromatic rings. The number of halogens is 1. The number of aromatic nitrogens is 1. The van der Waals surface area contributed by atoms with Gasteiger partial charge in [-0.2, -0.15) is 0 Å². The normalized spacial score (nSPS) is 12.3. The first-order valence-corrected chi connectivity index (χ1v) is 9.96. The van der Waals surface area contributed by atoms with Gasteiger partial charge >= 0.3 is 4.87 Å². The van der Waals surface area contributed by atoms with Crippen molar-refractivity contribution in [2.45, 2.75) is 39.3 Å². The van der Waals surface area contributed by atoms with Crippen LogP contribution in [0.4, 0.5) is 5.69 Å². The van der Waals surface area contributed by atoms with Crippen LogP contribution in [0.5, 0.6) is 5.75 Å². The van der Waals surface area contributed by atoms with Crippen LogP contribution in [0.15, 0.2) is 47.3 Å². The number of nitrogens with one attached hydrogen (secondary N) is 1. The molecule has 1 atom stereocenters. The summed E-state index contributed by atoms with van der Waals surface area (Å²) in [5.41, 5.74) is 1.51. The van der Waals surface area contributed by atoms with Gasteiger partial charge in [0.15, 0.2) is 6.10 Å². The van der Waals surface area contributed by atoms with Gasteiger partial charge in [0.1, 0.15) is 5.75 Å². The lowest BCUT2D eigenvalue weighted by atomic mass is 10.2. The number of ether oxygens (including phenoxy) is 1. The van der Waals surface area contributed by atoms with Crippen LogP contribution in [-0.2, 0) is 4.79 Å². The lowest BCUT2D eigenvalue weighted by Gasteiger charge is -2.17. The molecule has 142 valence electrons. The number of rotatable bonds is 6. The van der Waals surface area contributed by atoms with E-state index in [1.54, 1.807) is 34.9 Å². The number of carbonyl (C=O) groups excluding carboxylic acids is 1. The smallest absolute Gasteiger partial charge is 0.308 e. The highest BCUT2D eigenvalue weighted by Gasteiger charge is 2.19. The van der Waals surface area contributed by atoms with Crippen molar-refractivity contribution in [2.24, 2.45) is 0 Å². The molecule has 0 bridgehead atoms. The van der Waals surface area contributed by atoms with E-state index in [0.29, 0.717) is 22.9 Å². The first-order valence-electron chi connectivity index (χ1n) is 8.77. The van der Waals surface area contributed by atoms with E-state index in [9.17, 15) is 9.59 Å². The van der Waals surface area contributed by atoms with Gasteiger partial charge < -0.3 is 10.1 Å². The Morgan fingerprint density at radius 1 is 1.26 bits per heavy atom. The molecule has 3 rings (SSSR count). The lowest BCUT2D eigenvalue weighted by molar-refractivity contribution is -0.122. The van der Waals surface area contributed by atoms with E-state index in [1.807, 2.05) is 32.9 Å². The Bertz CT molecular complexity index is 1030. The molecule has 0 saturated carbocycles. The van der Waals surface area contributed by atoms with Gasteiger partial charge in [-0.25, -0.2) is 0 Å². The summed E-state index contributed by atoms with van der Waals surface area (Å²) in [6.45, 7) is 5.83. The van der Waals surface area contributed by atoms with Crippen LogP contribution >= 0.6 is 22.9 Å². The van der Waals surface area contributed by atoms with Crippen LogP contribution in [0, 0.1) is 0 Å². The highest BCUT2D eigenvalue weighted by atomic mass is 35.5. The van der Waals surface area contributed by atoms with Crippen molar-refractivity contribution in [1.82, 2.24) is 4.57 Å². The number of hydrogen-bond donors (Lipinski definition) is 1. The Hall–Kier alpha value is -2.31. The number of anilines is 1. The number of thiazole rings is 1. The molecule has 7 heteroatoms. The average molecular weight is 405 g/mol. The van der Waals surface area contributed by atoms with Crippen LogP contribution in [0.3, 0.4) is 0 Å². The predicted octanol–water partition coefficient (Wildman–Crippen LogP) is 5.09. The molecule has 27 heavy (non-hydrogen) atoms. The summed E-state index contributed by atoms with van der Waals surface area (Å²) in [7, 11) is 0. The van der Waals surface area contributed by atoms with Gasteiger partial charge in [-0.1, -0.05) is 35.9 Å². The first-order chi connectivity index (χ1) is 12.9. The van der Waals surface area contributed by atoms with E-state index in [2.05, 4.69) is 5.32 Å². The minimum Gasteiger partial charge on any atom is -0.481 e. The SMILES string of the molecule is CCC(Oc1cccc(Cl)c1)C(=O)Nc1ccc2c(c1)sc(=O)n2C(C)C. The average Bonchev–Trinajstić information content (AvgIpc) is 2.94. The number of hydrogen-bond acceptors (Lipinski definition) is 4. The van der Waals surface area contributed by atoms with Gasteiger partial charge in [-0.05, 0) is 56.7 Å². The zero-order valence-corrected chi connectivity index (χ0v) is 16.9. The molecule has 0 fully saturated rings. The predicted molar refractivity (Wildman–Crippen MR) is 111 cm³/mol. The largest absolute Gasteiger partial charge is 0.481 e. The van der Waals surface area contributed by atoms with Gasteiger partial charge in [-0.15, -0.1) is 0 Å². The van der Waals surface area contributed by atoms with Crippen molar-refractivity contribution in [1.29, 1.82) is 0 Å². The molecule has 0 aliphatic rings. The van der Waals surface area contributed by atoms with Crippen molar-refractivity contribution in [2.75, 3.05) is 5.32 Å². The summed E-state index contributed by atoms with van der Waals surface area (Å²) in [5.74, 6) is 0.305. The number of amides is 1. The molecule has 0 saturated heterocycles. The Kier molecular flexibility index (Phi) is 5.87. The second kappa shape index (κ2) is 8.15. The maximum Gasteiger partial charge on any atom is 0.308 e. The number of fused-ring (bicyclic) bond motifs is 1. The van der Waals surface area contributed by atoms with Crippen LogP contribution < -0.4 is 14.9 Å². The van der Waals surface area contributed by atoms with E-state index in [0.717, 1.165) is 10.2 Å². The third-order valence-corrected chi connectivity index (χ3v) is 5.29. The zero-order chi connectivity index (χ0) is 19.6. The van der Waals surface area contributed by atoms with Crippen molar-refractivity contribution in [3.05, 3.63) is 57.2 Å². The third-order valence-electron chi connectivity index (χ3n) is 4.13. The summed E-state index contributed by atoms with van der Waals surface area (Å²) in [6, 6.07) is 12.5. The van der Waals surface area contributed by atoms with E-state index in [4.69, 9.17) is 16.3 Å². The van der Waals surface area contributed by atoms with Crippen molar-refractivity contribution in [3.8, 4) is 5.75 Å². The second-order valence-electron chi connectivity index (χ2n) is 6.48. The number of carbonyl (C=O) groups is 1. The van der Waals surface area contributed by atoms with Crippen molar-refractivity contribution >= 4 is 44.7 Å². The molecule has 0 aliphatic carbocycles. The minimum absolute atomic E-state index is 0.000740. The molecule has 1 N–H and O–H groups in total. The molecule has 1 amide bonds. The fourth-order valence-electron chi connectivity index (χ4n) is 2.85. The van der Waals surface area contributed by atoms with E-state index < -0.39 is 6.10 Å². The lowest BCUT2D eigenvalue weighted by Crippen LogP contribution is -2.32. The standard InChI is InChI=1S/C20H21ClN2O3S/c1-4-17(26-15-7-5-6-13(21)10-15)19(24)22-14-8-9-16-18(11-14)27-20(25)23(16)12(2)3/h5-12,17H,4H2,1-3H3,(H,22,24). The Labute approximate surface area is 166 Å². The Morgan fingerprint density at radius 3 is 2.70 bits per heavy atom. The molecule has 0 aliphatic heterocycles. The van der Waals surface area contributed by atoms with Gasteiger partial charge in [0.05, 0.1) is 10.2 Å². The van der Waals surface area contributed by atoms with Gasteiger partial charge in [-0.3, -0.25) is 14.2 Å². The quantitative estimate of drug-likeness (QED) is 0.622. The maximum atomic E-state index is 12.6. The maximum absolute atomic E-state index is 12.6. The number of benzene rings is 2. The third kappa shape index (κ3) is 4.34. The summed E-state index contributed by atoms with van der Waals surface area (Å²) in [5, 5.41) is 3.43. The highest BCUT2D eigenvalue weighted by molar-refractivity contribution is 7.16. The molecule has 0 spiro atoms. The zero-order valence-electron chi connectivity index (χ0n) is 15.4. The summed E-state index contributed by atoms with van der Waals surface area (Å²) >= 11 is 7.14. The molecule has 0 radical (unpaired) electrons. The molecular formula is C20H21ClN2O3S. The van der Waals surface area contributed by atoms with Crippen LogP contribution in [-0.4, -0.2) is 16.6 Å². The Balaban J connectivity index is 1.78. The van der Waals surface area contributed by atoms with E-state index >= 15 is 0 Å². The summed E-state index contributed by atoms with van der Waals surface area (Å²) < 4.78 is 8.37. The minimum atomic E-state index is -0.641. The first kappa shape index (κ1) is 19.5. The topological polar surface area (TPSA) is 60.3 Å². The highest BCUT2D eigenvalue weighted by Crippen LogP contribution is 2.25. The fourth-order valence-corrected chi connectivity index (χ4v) is 4.09. The summed E-state index contributed by atoms with van der Waals surface area (Å²) in [6.07, 6.45) is -0.129. The molecule has 5 nitrogen and oxygen atoms in total. The van der Waals surface area contributed by atoms with Crippen LogP contribution in [0.1, 0.15) is 33.2 Å². The molecular weight excluding hydrogens is 384 g/mol. The van der Waals surface area contributed by atoms with Crippen molar-refractivity contribution in [3.63, 3.8) is 0 Å². The summed E-state index contributed by atoms with van der Waals surface area (Å²) in [4.78, 5) is 24.8. The van der Waals surface area contributed by atoms with Crippen LogP contribution in [0.25, 0.3) is 10.2 Å². The van der Waals surface area contributed by atoms with Crippen LogP contribution in [0.2, 0.25) is 5.02 Å².